The zero-order valence-corrected chi connectivity index (χ0v) is 15.9. The highest BCUT2D eigenvalue weighted by Crippen LogP contribution is 2.38. The van der Waals surface area contributed by atoms with Crippen LogP contribution in [0.2, 0.25) is 0 Å². The molecule has 3 rings (SSSR count). The van der Waals surface area contributed by atoms with E-state index < -0.39 is 22.4 Å². The molecule has 1 aliphatic heterocycles. The second kappa shape index (κ2) is 8.16. The van der Waals surface area contributed by atoms with E-state index in [2.05, 4.69) is 20.8 Å². The number of fused-ring (bicyclic) bond motifs is 1. The van der Waals surface area contributed by atoms with Crippen LogP contribution in [0.5, 0.6) is 5.75 Å². The number of hydrogen-bond donors (Lipinski definition) is 1. The topological polar surface area (TPSA) is 68.3 Å². The van der Waals surface area contributed by atoms with Crippen molar-refractivity contribution >= 4 is 11.1 Å². The standard InChI is InChI=1S/C19H28O5S/c1-4-13(9-12(2)3)14-5-7-15(8-6-14)23-24-25(21)19-11-18-17(22-18)10-16(19)20/h5-8,12-13,16-20H,4,9-11H2,1-3H3. The molecule has 1 aliphatic carbocycles. The molecule has 140 valence electrons. The number of epoxide rings is 1. The first-order valence-electron chi connectivity index (χ1n) is 9.17. The van der Waals surface area contributed by atoms with Crippen molar-refractivity contribution in [3.05, 3.63) is 29.8 Å². The number of benzene rings is 1. The Balaban J connectivity index is 1.52. The summed E-state index contributed by atoms with van der Waals surface area (Å²) in [4.78, 5) is 5.22. The van der Waals surface area contributed by atoms with Crippen LogP contribution in [0.1, 0.15) is 57.9 Å². The molecular formula is C19H28O5S. The summed E-state index contributed by atoms with van der Waals surface area (Å²) in [5.74, 6) is 1.71. The highest BCUT2D eigenvalue weighted by Gasteiger charge is 2.50. The lowest BCUT2D eigenvalue weighted by atomic mass is 9.88. The van der Waals surface area contributed by atoms with Gasteiger partial charge in [0.05, 0.1) is 23.6 Å². The van der Waals surface area contributed by atoms with Crippen molar-refractivity contribution in [3.8, 4) is 5.75 Å². The number of rotatable bonds is 8. The van der Waals surface area contributed by atoms with Gasteiger partial charge in [0, 0.05) is 6.42 Å². The fourth-order valence-corrected chi connectivity index (χ4v) is 4.56. The lowest BCUT2D eigenvalue weighted by Gasteiger charge is -2.22. The summed E-state index contributed by atoms with van der Waals surface area (Å²) in [6.07, 6.45) is 2.91. The molecule has 0 radical (unpaired) electrons. The predicted octanol–water partition coefficient (Wildman–Crippen LogP) is 3.49. The largest absolute Gasteiger partial charge is 0.392 e. The Bertz CT molecular complexity index is 588. The van der Waals surface area contributed by atoms with Crippen LogP contribution in [-0.4, -0.2) is 32.9 Å². The first kappa shape index (κ1) is 18.8. The first-order valence-corrected chi connectivity index (χ1v) is 10.3. The molecule has 6 atom stereocenters. The van der Waals surface area contributed by atoms with Crippen molar-refractivity contribution in [1.29, 1.82) is 0 Å². The molecule has 0 spiro atoms. The molecular weight excluding hydrogens is 340 g/mol. The maximum atomic E-state index is 12.2. The normalized spacial score (nSPS) is 30.6. The lowest BCUT2D eigenvalue weighted by Crippen LogP contribution is -2.38. The maximum Gasteiger partial charge on any atom is 0.205 e. The van der Waals surface area contributed by atoms with Crippen molar-refractivity contribution in [3.63, 3.8) is 0 Å². The fraction of sp³-hybridized carbons (Fsp3) is 0.684. The third-order valence-corrected chi connectivity index (χ3v) is 6.30. The Kier molecular flexibility index (Phi) is 6.15. The Labute approximate surface area is 152 Å². The van der Waals surface area contributed by atoms with Crippen molar-refractivity contribution in [2.24, 2.45) is 5.92 Å². The van der Waals surface area contributed by atoms with Crippen LogP contribution in [0, 0.1) is 5.92 Å². The molecule has 6 heteroatoms. The molecule has 6 unspecified atom stereocenters. The molecule has 1 aromatic carbocycles. The number of ether oxygens (including phenoxy) is 1. The SMILES string of the molecule is CCC(CC(C)C)c1ccc(OOS(=O)C2CC3OC3CC2O)cc1. The van der Waals surface area contributed by atoms with Gasteiger partial charge in [0.2, 0.25) is 11.1 Å². The van der Waals surface area contributed by atoms with Crippen molar-refractivity contribution in [2.45, 2.75) is 75.9 Å². The highest BCUT2D eigenvalue weighted by molar-refractivity contribution is 7.80. The Hall–Kier alpha value is -0.950. The average molecular weight is 368 g/mol. The van der Waals surface area contributed by atoms with Crippen LogP contribution in [0.25, 0.3) is 0 Å². The van der Waals surface area contributed by atoms with E-state index in [1.165, 1.54) is 5.56 Å². The van der Waals surface area contributed by atoms with Crippen molar-refractivity contribution in [1.82, 2.24) is 0 Å². The molecule has 0 aromatic heterocycles. The van der Waals surface area contributed by atoms with Gasteiger partial charge in [-0.3, -0.25) is 0 Å². The summed E-state index contributed by atoms with van der Waals surface area (Å²) < 4.78 is 22.7. The summed E-state index contributed by atoms with van der Waals surface area (Å²) in [7, 11) is 0. The Morgan fingerprint density at radius 3 is 2.56 bits per heavy atom. The molecule has 0 amide bonds. The number of hydrogen-bond acceptors (Lipinski definition) is 5. The van der Waals surface area contributed by atoms with Crippen LogP contribution in [0.15, 0.2) is 24.3 Å². The second-order valence-electron chi connectivity index (χ2n) is 7.51. The summed E-state index contributed by atoms with van der Waals surface area (Å²) in [5.41, 5.74) is 1.28. The van der Waals surface area contributed by atoms with E-state index in [4.69, 9.17) is 14.0 Å². The third-order valence-electron chi connectivity index (χ3n) is 5.10. The van der Waals surface area contributed by atoms with Gasteiger partial charge in [0.1, 0.15) is 0 Å². The quantitative estimate of drug-likeness (QED) is 0.432. The van der Waals surface area contributed by atoms with E-state index in [1.54, 1.807) is 0 Å². The Morgan fingerprint density at radius 1 is 1.24 bits per heavy atom. The van der Waals surface area contributed by atoms with Gasteiger partial charge in [-0.05, 0) is 48.8 Å². The molecule has 1 heterocycles. The zero-order chi connectivity index (χ0) is 18.0. The van der Waals surface area contributed by atoms with Crippen LogP contribution in [0.3, 0.4) is 0 Å². The minimum atomic E-state index is -1.71. The van der Waals surface area contributed by atoms with Gasteiger partial charge in [-0.25, -0.2) is 4.21 Å². The van der Waals surface area contributed by atoms with Crippen LogP contribution in [0.4, 0.5) is 0 Å². The zero-order valence-electron chi connectivity index (χ0n) is 15.1. The van der Waals surface area contributed by atoms with Gasteiger partial charge in [-0.1, -0.05) is 37.2 Å². The van der Waals surface area contributed by atoms with Crippen molar-refractivity contribution in [2.75, 3.05) is 0 Å². The van der Waals surface area contributed by atoms with Crippen molar-refractivity contribution < 1.29 is 23.3 Å². The number of aliphatic hydroxyl groups excluding tert-OH is 1. The third kappa shape index (κ3) is 4.82. The molecule has 1 saturated carbocycles. The lowest BCUT2D eigenvalue weighted by molar-refractivity contribution is -0.0883. The molecule has 2 fully saturated rings. The van der Waals surface area contributed by atoms with Crippen LogP contribution < -0.4 is 4.89 Å². The number of aliphatic hydroxyl groups is 1. The summed E-state index contributed by atoms with van der Waals surface area (Å²) in [5, 5.41) is 9.56. The molecule has 1 saturated heterocycles. The van der Waals surface area contributed by atoms with E-state index >= 15 is 0 Å². The molecule has 1 N–H and O–H groups in total. The molecule has 25 heavy (non-hydrogen) atoms. The Morgan fingerprint density at radius 2 is 1.92 bits per heavy atom. The van der Waals surface area contributed by atoms with Gasteiger partial charge in [0.15, 0.2) is 5.75 Å². The minimum Gasteiger partial charge on any atom is -0.392 e. The average Bonchev–Trinajstić information content (AvgIpc) is 3.35. The predicted molar refractivity (Wildman–Crippen MR) is 96.5 cm³/mol. The van der Waals surface area contributed by atoms with Gasteiger partial charge in [-0.15, -0.1) is 0 Å². The van der Waals surface area contributed by atoms with E-state index in [0.29, 0.717) is 30.4 Å². The van der Waals surface area contributed by atoms with Gasteiger partial charge in [-0.2, -0.15) is 0 Å². The van der Waals surface area contributed by atoms with Gasteiger partial charge < -0.3 is 14.7 Å². The van der Waals surface area contributed by atoms with Gasteiger partial charge in [0.25, 0.3) is 0 Å². The second-order valence-corrected chi connectivity index (χ2v) is 8.77. The first-order chi connectivity index (χ1) is 12.0. The van der Waals surface area contributed by atoms with Crippen LogP contribution in [-0.2, 0) is 20.2 Å². The van der Waals surface area contributed by atoms with E-state index in [1.807, 2.05) is 24.3 Å². The molecule has 0 bridgehead atoms. The monoisotopic (exact) mass is 368 g/mol. The van der Waals surface area contributed by atoms with E-state index in [0.717, 1.165) is 12.8 Å². The summed E-state index contributed by atoms with van der Waals surface area (Å²) in [6, 6.07) is 7.76. The molecule has 5 nitrogen and oxygen atoms in total. The van der Waals surface area contributed by atoms with Crippen LogP contribution >= 0.6 is 0 Å². The highest BCUT2D eigenvalue weighted by atomic mass is 32.2. The van der Waals surface area contributed by atoms with E-state index in [9.17, 15) is 9.32 Å². The minimum absolute atomic E-state index is 0.118. The summed E-state index contributed by atoms with van der Waals surface area (Å²) in [6.45, 7) is 6.67. The maximum absolute atomic E-state index is 12.2. The molecule has 2 aliphatic rings. The fourth-order valence-electron chi connectivity index (χ4n) is 3.60. The smallest absolute Gasteiger partial charge is 0.205 e. The van der Waals surface area contributed by atoms with Gasteiger partial charge >= 0.3 is 0 Å². The molecule has 1 aromatic rings. The summed E-state index contributed by atoms with van der Waals surface area (Å²) >= 11 is -1.71. The van der Waals surface area contributed by atoms with E-state index in [-0.39, 0.29) is 12.2 Å².